The highest BCUT2D eigenvalue weighted by Gasteiger charge is 2.36. The molecule has 3 aromatic rings. The second-order valence-corrected chi connectivity index (χ2v) is 7.70. The van der Waals surface area contributed by atoms with Crippen LogP contribution in [-0.2, 0) is 16.1 Å². The molecule has 3 heterocycles. The minimum absolute atomic E-state index is 0.0204. The van der Waals surface area contributed by atoms with Gasteiger partial charge in [0.05, 0.1) is 25.6 Å². The van der Waals surface area contributed by atoms with Crippen LogP contribution in [0.3, 0.4) is 0 Å². The number of nitrogens with zero attached hydrogens (tertiary/aromatic N) is 3. The Balaban J connectivity index is 1.38. The summed E-state index contributed by atoms with van der Waals surface area (Å²) in [5.74, 6) is 0.445. The molecule has 1 atom stereocenters. The molecule has 0 saturated heterocycles. The number of rotatable bonds is 9. The van der Waals surface area contributed by atoms with Crippen molar-refractivity contribution >= 4 is 17.5 Å². The van der Waals surface area contributed by atoms with Crippen molar-refractivity contribution in [1.82, 2.24) is 15.2 Å². The van der Waals surface area contributed by atoms with E-state index in [4.69, 9.17) is 8.83 Å². The molecule has 8 nitrogen and oxygen atoms in total. The predicted octanol–water partition coefficient (Wildman–Crippen LogP) is 3.33. The summed E-state index contributed by atoms with van der Waals surface area (Å²) in [6.45, 7) is 2.74. The molecule has 0 radical (unpaired) electrons. The lowest BCUT2D eigenvalue weighted by atomic mass is 10.1. The van der Waals surface area contributed by atoms with Crippen molar-refractivity contribution in [3.8, 4) is 0 Å². The largest absolute Gasteiger partial charge is 0.467 e. The molecule has 1 aliphatic heterocycles. The Morgan fingerprint density at radius 3 is 2.55 bits per heavy atom. The number of likely N-dealkylation sites (N-methyl/N-ethyl adjacent to an activating group) is 1. The number of nitrogens with one attached hydrogen (secondary N) is 1. The van der Waals surface area contributed by atoms with E-state index in [2.05, 4.69) is 10.4 Å². The molecule has 2 aromatic heterocycles. The molecule has 0 spiro atoms. The van der Waals surface area contributed by atoms with Gasteiger partial charge in [0, 0.05) is 13.0 Å². The molecule has 9 heteroatoms. The number of amides is 2. The molecule has 0 aliphatic carbocycles. The van der Waals surface area contributed by atoms with Gasteiger partial charge in [-0.15, -0.1) is 0 Å². The molecule has 1 aliphatic rings. The van der Waals surface area contributed by atoms with E-state index in [9.17, 15) is 14.0 Å². The van der Waals surface area contributed by atoms with Gasteiger partial charge in [0.2, 0.25) is 5.91 Å². The summed E-state index contributed by atoms with van der Waals surface area (Å²) in [4.78, 5) is 27.3. The normalized spacial score (nSPS) is 15.7. The average Bonchev–Trinajstić information content (AvgIpc) is 3.59. The summed E-state index contributed by atoms with van der Waals surface area (Å²) in [5.41, 5.74) is 1.46. The number of benzene rings is 1. The second-order valence-electron chi connectivity index (χ2n) is 7.70. The number of carbonyl (C=O) groups excluding carboxylic acids is 2. The van der Waals surface area contributed by atoms with Crippen LogP contribution in [0.15, 0.2) is 75.0 Å². The first-order chi connectivity index (χ1) is 16.0. The van der Waals surface area contributed by atoms with Crippen LogP contribution in [0.4, 0.5) is 4.39 Å². The maximum absolute atomic E-state index is 13.2. The Kier molecular flexibility index (Phi) is 6.99. The molecule has 1 N–H and O–H groups in total. The SMILES string of the molecule is CCN(CC(=O)NCc1ccc(F)cc1)CC(=O)N1N=C(c2ccco2)CC1c1ccco1. The van der Waals surface area contributed by atoms with E-state index in [-0.39, 0.29) is 43.3 Å². The second kappa shape index (κ2) is 10.3. The fourth-order valence-corrected chi connectivity index (χ4v) is 3.64. The van der Waals surface area contributed by atoms with E-state index in [1.54, 1.807) is 47.8 Å². The average molecular weight is 452 g/mol. The third-order valence-corrected chi connectivity index (χ3v) is 5.42. The van der Waals surface area contributed by atoms with E-state index < -0.39 is 0 Å². The highest BCUT2D eigenvalue weighted by molar-refractivity contribution is 6.01. The van der Waals surface area contributed by atoms with Crippen LogP contribution in [0.5, 0.6) is 0 Å². The van der Waals surface area contributed by atoms with Crippen LogP contribution in [0, 0.1) is 5.82 Å². The fraction of sp³-hybridized carbons (Fsp3) is 0.292. The van der Waals surface area contributed by atoms with Crippen molar-refractivity contribution in [2.24, 2.45) is 5.10 Å². The summed E-state index contributed by atoms with van der Waals surface area (Å²) >= 11 is 0. The lowest BCUT2D eigenvalue weighted by Crippen LogP contribution is -2.43. The van der Waals surface area contributed by atoms with E-state index >= 15 is 0 Å². The topological polar surface area (TPSA) is 91.3 Å². The summed E-state index contributed by atoms with van der Waals surface area (Å²) in [6, 6.07) is 12.7. The molecule has 0 saturated carbocycles. The van der Waals surface area contributed by atoms with Gasteiger partial charge >= 0.3 is 0 Å². The third-order valence-electron chi connectivity index (χ3n) is 5.42. The molecule has 0 fully saturated rings. The summed E-state index contributed by atoms with van der Waals surface area (Å²) in [5, 5.41) is 8.72. The Hall–Kier alpha value is -3.72. The van der Waals surface area contributed by atoms with Gasteiger partial charge < -0.3 is 14.2 Å². The number of hydrazone groups is 1. The van der Waals surface area contributed by atoms with Crippen LogP contribution in [0.25, 0.3) is 0 Å². The van der Waals surface area contributed by atoms with Crippen LogP contribution in [-0.4, -0.2) is 47.1 Å². The van der Waals surface area contributed by atoms with Gasteiger partial charge in [0.15, 0.2) is 0 Å². The molecular formula is C24H25FN4O4. The van der Waals surface area contributed by atoms with Crippen molar-refractivity contribution in [1.29, 1.82) is 0 Å². The van der Waals surface area contributed by atoms with Gasteiger partial charge in [-0.3, -0.25) is 14.5 Å². The van der Waals surface area contributed by atoms with Gasteiger partial charge in [-0.25, -0.2) is 9.40 Å². The van der Waals surface area contributed by atoms with Gasteiger partial charge in [0.25, 0.3) is 5.91 Å². The van der Waals surface area contributed by atoms with Crippen LogP contribution in [0.1, 0.15) is 36.5 Å². The minimum Gasteiger partial charge on any atom is -0.467 e. The number of halogens is 1. The predicted molar refractivity (Wildman–Crippen MR) is 119 cm³/mol. The van der Waals surface area contributed by atoms with Crippen molar-refractivity contribution in [3.05, 3.63) is 84.0 Å². The zero-order valence-corrected chi connectivity index (χ0v) is 18.2. The Morgan fingerprint density at radius 2 is 1.88 bits per heavy atom. The minimum atomic E-state index is -0.376. The van der Waals surface area contributed by atoms with Crippen molar-refractivity contribution in [2.45, 2.75) is 25.9 Å². The Morgan fingerprint density at radius 1 is 1.12 bits per heavy atom. The summed E-state index contributed by atoms with van der Waals surface area (Å²) in [6.07, 6.45) is 3.59. The Labute approximate surface area is 190 Å². The third kappa shape index (κ3) is 5.56. The van der Waals surface area contributed by atoms with Crippen LogP contribution >= 0.6 is 0 Å². The van der Waals surface area contributed by atoms with E-state index in [0.29, 0.717) is 30.2 Å². The first-order valence-corrected chi connectivity index (χ1v) is 10.7. The monoisotopic (exact) mass is 452 g/mol. The van der Waals surface area contributed by atoms with Crippen molar-refractivity contribution < 1.29 is 22.8 Å². The van der Waals surface area contributed by atoms with Crippen LogP contribution < -0.4 is 5.32 Å². The van der Waals surface area contributed by atoms with E-state index in [1.165, 1.54) is 17.1 Å². The van der Waals surface area contributed by atoms with Gasteiger partial charge in [-0.1, -0.05) is 19.1 Å². The standard InChI is InChI=1S/C24H25FN4O4/c1-2-28(15-23(30)26-14-17-7-9-18(25)10-8-17)16-24(31)29-20(22-6-4-12-33-22)13-19(27-29)21-5-3-11-32-21/h3-12,20H,2,13-16H2,1H3,(H,26,30). The number of hydrogen-bond donors (Lipinski definition) is 1. The lowest BCUT2D eigenvalue weighted by Gasteiger charge is -2.24. The molecule has 1 aromatic carbocycles. The van der Waals surface area contributed by atoms with Crippen LogP contribution in [0.2, 0.25) is 0 Å². The van der Waals surface area contributed by atoms with Gasteiger partial charge in [-0.05, 0) is 48.5 Å². The highest BCUT2D eigenvalue weighted by atomic mass is 19.1. The fourth-order valence-electron chi connectivity index (χ4n) is 3.64. The maximum Gasteiger partial charge on any atom is 0.257 e. The molecule has 1 unspecified atom stereocenters. The highest BCUT2D eigenvalue weighted by Crippen LogP contribution is 2.33. The molecule has 172 valence electrons. The van der Waals surface area contributed by atoms with Gasteiger partial charge in [-0.2, -0.15) is 5.10 Å². The smallest absolute Gasteiger partial charge is 0.257 e. The van der Waals surface area contributed by atoms with Gasteiger partial charge in [0.1, 0.15) is 29.1 Å². The molecule has 33 heavy (non-hydrogen) atoms. The maximum atomic E-state index is 13.2. The summed E-state index contributed by atoms with van der Waals surface area (Å²) < 4.78 is 24.0. The quantitative estimate of drug-likeness (QED) is 0.538. The zero-order valence-electron chi connectivity index (χ0n) is 18.2. The zero-order chi connectivity index (χ0) is 23.2. The molecule has 4 rings (SSSR count). The van der Waals surface area contributed by atoms with Crippen molar-refractivity contribution in [2.75, 3.05) is 19.6 Å². The van der Waals surface area contributed by atoms with Crippen molar-refractivity contribution in [3.63, 3.8) is 0 Å². The molecule has 2 amide bonds. The molecular weight excluding hydrogens is 427 g/mol. The number of hydrogen-bond acceptors (Lipinski definition) is 6. The lowest BCUT2D eigenvalue weighted by molar-refractivity contribution is -0.135. The van der Waals surface area contributed by atoms with E-state index in [1.807, 2.05) is 13.0 Å². The van der Waals surface area contributed by atoms with E-state index in [0.717, 1.165) is 5.56 Å². The number of carbonyl (C=O) groups is 2. The first kappa shape index (κ1) is 22.5. The Bertz CT molecular complexity index is 1090. The molecule has 0 bridgehead atoms. The number of furan rings is 2. The first-order valence-electron chi connectivity index (χ1n) is 10.7. The summed E-state index contributed by atoms with van der Waals surface area (Å²) in [7, 11) is 0.